The topological polar surface area (TPSA) is 73.7 Å². The average Bonchev–Trinajstić information content (AvgIpc) is 2.78. The summed E-state index contributed by atoms with van der Waals surface area (Å²) in [6, 6.07) is -0.316. The van der Waals surface area contributed by atoms with Crippen LogP contribution in [-0.4, -0.2) is 36.0 Å². The number of hydrogen-bond acceptors (Lipinski definition) is 6. The van der Waals surface area contributed by atoms with Gasteiger partial charge in [0.1, 0.15) is 4.47 Å². The minimum Gasteiger partial charge on any atom is -0.466 e. The predicted octanol–water partition coefficient (Wildman–Crippen LogP) is 6.19. The van der Waals surface area contributed by atoms with Gasteiger partial charge in [-0.15, -0.1) is 6.58 Å². The van der Waals surface area contributed by atoms with E-state index in [1.807, 2.05) is 0 Å². The summed E-state index contributed by atoms with van der Waals surface area (Å²) in [4.78, 5) is 28.6. The largest absolute Gasteiger partial charge is 0.466 e. The molecule has 2 aromatic rings. The quantitative estimate of drug-likeness (QED) is 0.155. The van der Waals surface area contributed by atoms with Gasteiger partial charge in [0.25, 0.3) is 5.56 Å². The molecule has 210 valence electrons. The lowest BCUT2D eigenvalue weighted by molar-refractivity contribution is -0.151. The second kappa shape index (κ2) is 11.1. The van der Waals surface area contributed by atoms with E-state index < -0.39 is 80.8 Å². The molecule has 1 atom stereocenters. The van der Waals surface area contributed by atoms with Crippen molar-refractivity contribution < 1.29 is 53.8 Å². The molecule has 0 N–H and O–H groups in total. The molecule has 38 heavy (non-hydrogen) atoms. The second-order valence-electron chi connectivity index (χ2n) is 7.11. The molecule has 0 spiro atoms. The summed E-state index contributed by atoms with van der Waals surface area (Å²) in [5.41, 5.74) is -8.72. The second-order valence-corrected chi connectivity index (χ2v) is 8.28. The first kappa shape index (κ1) is 31.4. The van der Waals surface area contributed by atoms with E-state index in [4.69, 9.17) is 16.3 Å². The van der Waals surface area contributed by atoms with Crippen LogP contribution in [0.15, 0.2) is 34.1 Å². The fraction of sp³-hybridized carbons (Fsp3) is 0.350. The number of esters is 1. The number of rotatable bonds is 7. The van der Waals surface area contributed by atoms with E-state index in [0.717, 1.165) is 20.3 Å². The summed E-state index contributed by atoms with van der Waals surface area (Å²) in [7, 11) is 1.48. The number of carbonyl (C=O) groups excluding carboxylic acids is 1. The Bertz CT molecular complexity index is 1290. The van der Waals surface area contributed by atoms with Gasteiger partial charge in [0.2, 0.25) is 12.2 Å². The molecule has 1 aromatic carbocycles. The number of allylic oxidation sites excluding steroid dienone is 1. The Kier molecular flexibility index (Phi) is 9.21. The van der Waals surface area contributed by atoms with Crippen molar-refractivity contribution in [2.24, 2.45) is 0 Å². The Hall–Kier alpha value is -2.79. The molecule has 0 aliphatic rings. The number of nitrogens with zero attached hydrogens (tertiary/aromatic N) is 3. The Morgan fingerprint density at radius 3 is 2.13 bits per heavy atom. The summed E-state index contributed by atoms with van der Waals surface area (Å²) in [6.07, 6.45) is -17.7. The minimum absolute atomic E-state index is 0.0201. The van der Waals surface area contributed by atoms with Crippen LogP contribution in [0.5, 0.6) is 0 Å². The molecule has 18 heteroatoms. The SMILES string of the molecule is C=CCn1c(N(c2cc(C(F)(F)F)cc(C(F)(F)F)c2Cl)C(OC)C(=O)OC)nc(C(F)(F)F)c(Br)c1=O. The number of halogens is 11. The van der Waals surface area contributed by atoms with Gasteiger partial charge < -0.3 is 9.47 Å². The maximum Gasteiger partial charge on any atom is 0.434 e. The van der Waals surface area contributed by atoms with Crippen molar-refractivity contribution in [1.82, 2.24) is 9.55 Å². The van der Waals surface area contributed by atoms with Crippen LogP contribution in [0.1, 0.15) is 16.8 Å². The van der Waals surface area contributed by atoms with Gasteiger partial charge in [0.15, 0.2) is 5.69 Å². The maximum absolute atomic E-state index is 13.7. The molecular weight excluding hydrogens is 633 g/mol. The third kappa shape index (κ3) is 6.26. The monoisotopic (exact) mass is 645 g/mol. The number of anilines is 2. The first-order chi connectivity index (χ1) is 17.3. The van der Waals surface area contributed by atoms with Crippen LogP contribution in [0.3, 0.4) is 0 Å². The van der Waals surface area contributed by atoms with Crippen molar-refractivity contribution in [3.63, 3.8) is 0 Å². The van der Waals surface area contributed by atoms with Crippen molar-refractivity contribution in [3.05, 3.63) is 61.5 Å². The van der Waals surface area contributed by atoms with Crippen molar-refractivity contribution in [2.75, 3.05) is 19.1 Å². The molecule has 0 saturated heterocycles. The minimum atomic E-state index is -5.50. The smallest absolute Gasteiger partial charge is 0.434 e. The van der Waals surface area contributed by atoms with Gasteiger partial charge in [-0.1, -0.05) is 17.7 Å². The normalized spacial score (nSPS) is 13.3. The van der Waals surface area contributed by atoms with Gasteiger partial charge in [-0.05, 0) is 28.1 Å². The number of aromatic nitrogens is 2. The van der Waals surface area contributed by atoms with Crippen molar-refractivity contribution in [2.45, 2.75) is 31.3 Å². The standard InChI is InChI=1S/C20H14BrClF9N3O4/c1-4-5-33-14(35)11(21)13(20(29,30)31)32-17(33)34(15(37-2)16(36)38-3)10-7-8(18(23,24)25)6-9(12(10)22)19(26,27)28/h4,6-7,15H,1,5H2,2-3H3. The van der Waals surface area contributed by atoms with Crippen molar-refractivity contribution >= 4 is 45.1 Å². The molecule has 0 aliphatic heterocycles. The summed E-state index contributed by atoms with van der Waals surface area (Å²) < 4.78 is 131. The van der Waals surface area contributed by atoms with Gasteiger partial charge >= 0.3 is 24.5 Å². The van der Waals surface area contributed by atoms with Crippen LogP contribution in [0.4, 0.5) is 51.1 Å². The van der Waals surface area contributed by atoms with Gasteiger partial charge in [0.05, 0.1) is 28.9 Å². The lowest BCUT2D eigenvalue weighted by Gasteiger charge is -2.33. The third-order valence-corrected chi connectivity index (χ3v) is 5.81. The Balaban J connectivity index is 3.23. The molecule has 0 aliphatic carbocycles. The number of hydrogen-bond donors (Lipinski definition) is 0. The zero-order valence-corrected chi connectivity index (χ0v) is 21.2. The number of alkyl halides is 9. The van der Waals surface area contributed by atoms with Crippen LogP contribution in [0.25, 0.3) is 0 Å². The average molecular weight is 647 g/mol. The Morgan fingerprint density at radius 1 is 1.13 bits per heavy atom. The van der Waals surface area contributed by atoms with Crippen LogP contribution in [0, 0.1) is 0 Å². The van der Waals surface area contributed by atoms with Crippen molar-refractivity contribution in [3.8, 4) is 0 Å². The van der Waals surface area contributed by atoms with E-state index in [1.54, 1.807) is 0 Å². The lowest BCUT2D eigenvalue weighted by atomic mass is 10.1. The molecule has 1 aromatic heterocycles. The zero-order valence-electron chi connectivity index (χ0n) is 18.9. The van der Waals surface area contributed by atoms with Gasteiger partial charge in [-0.2, -0.15) is 39.5 Å². The van der Waals surface area contributed by atoms with Crippen LogP contribution in [0.2, 0.25) is 5.02 Å². The van der Waals surface area contributed by atoms with E-state index >= 15 is 0 Å². The maximum atomic E-state index is 13.7. The van der Waals surface area contributed by atoms with Crippen LogP contribution >= 0.6 is 27.5 Å². The molecule has 7 nitrogen and oxygen atoms in total. The predicted molar refractivity (Wildman–Crippen MR) is 118 cm³/mol. The fourth-order valence-corrected chi connectivity index (χ4v) is 3.92. The molecule has 0 saturated carbocycles. The van der Waals surface area contributed by atoms with E-state index in [1.165, 1.54) is 0 Å². The summed E-state index contributed by atoms with van der Waals surface area (Å²) in [6.45, 7) is 2.64. The molecule has 2 rings (SSSR count). The highest BCUT2D eigenvalue weighted by Crippen LogP contribution is 2.46. The van der Waals surface area contributed by atoms with E-state index in [2.05, 4.69) is 32.2 Å². The highest BCUT2D eigenvalue weighted by atomic mass is 79.9. The first-order valence-electron chi connectivity index (χ1n) is 9.67. The number of carbonyl (C=O) groups is 1. The van der Waals surface area contributed by atoms with Crippen molar-refractivity contribution in [1.29, 1.82) is 0 Å². The summed E-state index contributed by atoms with van der Waals surface area (Å²) in [5.74, 6) is -2.78. The number of methoxy groups -OCH3 is 2. The van der Waals surface area contributed by atoms with Gasteiger partial charge in [0, 0.05) is 13.7 Å². The highest BCUT2D eigenvalue weighted by molar-refractivity contribution is 9.10. The number of ether oxygens (including phenoxy) is 2. The molecule has 0 bridgehead atoms. The molecule has 1 heterocycles. The lowest BCUT2D eigenvalue weighted by Crippen LogP contribution is -2.44. The molecule has 1 unspecified atom stereocenters. The molecule has 0 radical (unpaired) electrons. The molecule has 0 fully saturated rings. The van der Waals surface area contributed by atoms with Gasteiger partial charge in [-0.3, -0.25) is 14.3 Å². The summed E-state index contributed by atoms with van der Waals surface area (Å²) >= 11 is 8.28. The Labute approximate surface area is 220 Å². The molecular formula is C20H14BrClF9N3O4. The Morgan fingerprint density at radius 2 is 1.71 bits per heavy atom. The fourth-order valence-electron chi connectivity index (χ4n) is 3.09. The first-order valence-corrected chi connectivity index (χ1v) is 10.8. The molecule has 0 amide bonds. The van der Waals surface area contributed by atoms with E-state index in [9.17, 15) is 49.1 Å². The highest BCUT2D eigenvalue weighted by Gasteiger charge is 2.44. The van der Waals surface area contributed by atoms with Crippen LogP contribution in [-0.2, 0) is 39.3 Å². The number of benzene rings is 1. The van der Waals surface area contributed by atoms with E-state index in [-0.39, 0.29) is 17.0 Å². The zero-order chi connectivity index (χ0) is 29.4. The third-order valence-electron chi connectivity index (χ3n) is 4.70. The van der Waals surface area contributed by atoms with Gasteiger partial charge in [-0.25, -0.2) is 9.78 Å². The van der Waals surface area contributed by atoms with Crippen LogP contribution < -0.4 is 10.5 Å². The van der Waals surface area contributed by atoms with E-state index in [0.29, 0.717) is 4.57 Å². The summed E-state index contributed by atoms with van der Waals surface area (Å²) in [5, 5.41) is -1.48.